The maximum atomic E-state index is 9.34. The number of aliphatic hydroxyl groups is 1. The lowest BCUT2D eigenvalue weighted by atomic mass is 9.99. The molecule has 2 rings (SSSR count). The first-order valence-corrected chi connectivity index (χ1v) is 5.14. The van der Waals surface area contributed by atoms with E-state index in [4.69, 9.17) is 0 Å². The Hall–Kier alpha value is 0.310. The van der Waals surface area contributed by atoms with Crippen LogP contribution in [-0.4, -0.2) is 21.7 Å². The van der Waals surface area contributed by atoms with E-state index >= 15 is 0 Å². The number of fused-ring (bicyclic) bond motifs is 1. The van der Waals surface area contributed by atoms with Crippen molar-refractivity contribution in [1.29, 1.82) is 0 Å². The average Bonchev–Trinajstić information content (AvgIpc) is 2.59. The van der Waals surface area contributed by atoms with Gasteiger partial charge in [0.25, 0.3) is 0 Å². The van der Waals surface area contributed by atoms with E-state index in [9.17, 15) is 5.11 Å². The summed E-state index contributed by atoms with van der Waals surface area (Å²) in [6.45, 7) is 0. The van der Waals surface area contributed by atoms with Gasteiger partial charge < -0.3 is 5.11 Å². The molecule has 1 saturated heterocycles. The Morgan fingerprint density at radius 1 is 1.00 bits per heavy atom. The van der Waals surface area contributed by atoms with Crippen LogP contribution in [0, 0.1) is 0 Å². The molecule has 1 heterocycles. The number of hydrogen-bond acceptors (Lipinski definition) is 2. The van der Waals surface area contributed by atoms with Gasteiger partial charge in [-0.15, -0.1) is 0 Å². The Kier molecular flexibility index (Phi) is 1.92. The first-order valence-electron chi connectivity index (χ1n) is 4.20. The topological polar surface area (TPSA) is 20.2 Å². The molecule has 58 valence electrons. The summed E-state index contributed by atoms with van der Waals surface area (Å²) in [4.78, 5) is 0. The number of thioether (sulfide) groups is 1. The maximum absolute atomic E-state index is 9.34. The van der Waals surface area contributed by atoms with Crippen LogP contribution in [0.15, 0.2) is 0 Å². The summed E-state index contributed by atoms with van der Waals surface area (Å²) in [5.41, 5.74) is 0. The van der Waals surface area contributed by atoms with E-state index in [-0.39, 0.29) is 6.10 Å². The molecule has 1 nitrogen and oxygen atoms in total. The van der Waals surface area contributed by atoms with Gasteiger partial charge in [-0.1, -0.05) is 0 Å². The molecule has 1 N–H and O–H groups in total. The Balaban J connectivity index is 1.83. The summed E-state index contributed by atoms with van der Waals surface area (Å²) in [5, 5.41) is 11.2. The fraction of sp³-hybridized carbons (Fsp3) is 1.00. The molecular weight excluding hydrogens is 144 g/mol. The maximum Gasteiger partial charge on any atom is 0.0540 e. The first-order chi connectivity index (χ1) is 4.86. The van der Waals surface area contributed by atoms with E-state index in [2.05, 4.69) is 11.8 Å². The number of hydrogen-bond donors (Lipinski definition) is 1. The van der Waals surface area contributed by atoms with Crippen molar-refractivity contribution in [3.05, 3.63) is 0 Å². The highest BCUT2D eigenvalue weighted by molar-refractivity contribution is 8.07. The van der Waals surface area contributed by atoms with Gasteiger partial charge in [-0.3, -0.25) is 0 Å². The molecule has 0 aromatic heterocycles. The van der Waals surface area contributed by atoms with Gasteiger partial charge >= 0.3 is 0 Å². The zero-order chi connectivity index (χ0) is 6.97. The molecule has 2 heteroatoms. The fourth-order valence-electron chi connectivity index (χ4n) is 1.74. The summed E-state index contributed by atoms with van der Waals surface area (Å²) in [6, 6.07) is 0. The van der Waals surface area contributed by atoms with Crippen molar-refractivity contribution in [2.75, 3.05) is 0 Å². The lowest BCUT2D eigenvalue weighted by Crippen LogP contribution is -2.11. The van der Waals surface area contributed by atoms with Gasteiger partial charge in [0.1, 0.15) is 0 Å². The Morgan fingerprint density at radius 2 is 1.80 bits per heavy atom. The van der Waals surface area contributed by atoms with Gasteiger partial charge in [0, 0.05) is 10.5 Å². The normalized spacial score (nSPS) is 47.1. The monoisotopic (exact) mass is 158 g/mol. The predicted molar refractivity (Wildman–Crippen MR) is 44.3 cm³/mol. The molecule has 0 radical (unpaired) electrons. The summed E-state index contributed by atoms with van der Waals surface area (Å²) < 4.78 is 0. The number of aliphatic hydroxyl groups excluding tert-OH is 1. The fourth-order valence-corrected chi connectivity index (χ4v) is 2.95. The van der Waals surface area contributed by atoms with Crippen molar-refractivity contribution in [3.8, 4) is 0 Å². The molecule has 0 aromatic rings. The molecule has 3 atom stereocenters. The second-order valence-corrected chi connectivity index (χ2v) is 4.86. The highest BCUT2D eigenvalue weighted by atomic mass is 32.2. The third-order valence-electron chi connectivity index (χ3n) is 2.50. The molecule has 2 aliphatic rings. The van der Waals surface area contributed by atoms with Crippen LogP contribution in [-0.2, 0) is 0 Å². The van der Waals surface area contributed by atoms with Crippen molar-refractivity contribution >= 4 is 11.8 Å². The molecule has 0 aromatic carbocycles. The first kappa shape index (κ1) is 6.99. The van der Waals surface area contributed by atoms with E-state index in [1.54, 1.807) is 0 Å². The third kappa shape index (κ3) is 1.48. The van der Waals surface area contributed by atoms with Crippen LogP contribution in [0.1, 0.15) is 32.1 Å². The van der Waals surface area contributed by atoms with Crippen LogP contribution in [0.5, 0.6) is 0 Å². The van der Waals surface area contributed by atoms with E-state index in [0.29, 0.717) is 0 Å². The minimum Gasteiger partial charge on any atom is -0.393 e. The molecule has 0 amide bonds. The van der Waals surface area contributed by atoms with Crippen molar-refractivity contribution in [3.63, 3.8) is 0 Å². The minimum atomic E-state index is 0.0159. The Bertz CT molecular complexity index is 124. The van der Waals surface area contributed by atoms with Gasteiger partial charge in [-0.05, 0) is 32.1 Å². The molecule has 2 fully saturated rings. The lowest BCUT2D eigenvalue weighted by molar-refractivity contribution is 0.145. The third-order valence-corrected chi connectivity index (χ3v) is 4.01. The molecule has 10 heavy (non-hydrogen) atoms. The van der Waals surface area contributed by atoms with Crippen molar-refractivity contribution < 1.29 is 5.11 Å². The van der Waals surface area contributed by atoms with E-state index in [0.717, 1.165) is 23.3 Å². The second-order valence-electron chi connectivity index (χ2n) is 3.38. The average molecular weight is 158 g/mol. The summed E-state index contributed by atoms with van der Waals surface area (Å²) >= 11 is 2.12. The van der Waals surface area contributed by atoms with Crippen LogP contribution in [0.3, 0.4) is 0 Å². The molecule has 1 saturated carbocycles. The van der Waals surface area contributed by atoms with Crippen LogP contribution in [0.25, 0.3) is 0 Å². The molecule has 0 spiro atoms. The summed E-state index contributed by atoms with van der Waals surface area (Å²) in [5.74, 6) is 0. The molecular formula is C8H14OS. The summed E-state index contributed by atoms with van der Waals surface area (Å²) in [6.07, 6.45) is 5.97. The largest absolute Gasteiger partial charge is 0.393 e. The summed E-state index contributed by atoms with van der Waals surface area (Å²) in [7, 11) is 0. The van der Waals surface area contributed by atoms with Crippen molar-refractivity contribution in [1.82, 2.24) is 0 Å². The van der Waals surface area contributed by atoms with Gasteiger partial charge in [0.15, 0.2) is 0 Å². The van der Waals surface area contributed by atoms with Crippen molar-refractivity contribution in [2.45, 2.75) is 48.7 Å². The van der Waals surface area contributed by atoms with Crippen LogP contribution < -0.4 is 0 Å². The van der Waals surface area contributed by atoms with E-state index < -0.39 is 0 Å². The zero-order valence-corrected chi connectivity index (χ0v) is 6.94. The zero-order valence-electron chi connectivity index (χ0n) is 6.12. The quantitative estimate of drug-likeness (QED) is 0.542. The smallest absolute Gasteiger partial charge is 0.0540 e. The minimum absolute atomic E-state index is 0.0159. The second kappa shape index (κ2) is 2.74. The van der Waals surface area contributed by atoms with E-state index in [1.165, 1.54) is 19.3 Å². The van der Waals surface area contributed by atoms with Gasteiger partial charge in [0.2, 0.25) is 0 Å². The van der Waals surface area contributed by atoms with Gasteiger partial charge in [0.05, 0.1) is 6.10 Å². The Labute approximate surface area is 66.2 Å². The molecule has 1 aliphatic heterocycles. The van der Waals surface area contributed by atoms with Crippen molar-refractivity contribution in [2.24, 2.45) is 0 Å². The van der Waals surface area contributed by atoms with Crippen LogP contribution >= 0.6 is 11.8 Å². The highest BCUT2D eigenvalue weighted by Crippen LogP contribution is 2.48. The van der Waals surface area contributed by atoms with Gasteiger partial charge in [-0.2, -0.15) is 11.8 Å². The Morgan fingerprint density at radius 3 is 2.70 bits per heavy atom. The molecule has 3 unspecified atom stereocenters. The van der Waals surface area contributed by atoms with Crippen LogP contribution in [0.2, 0.25) is 0 Å². The molecule has 1 aliphatic carbocycles. The standard InChI is InChI=1S/C8H14OS/c9-6-2-1-3-7-8(10-7)5-4-6/h6-9H,1-5H2. The lowest BCUT2D eigenvalue weighted by Gasteiger charge is -2.11. The molecule has 0 bridgehead atoms. The SMILES string of the molecule is OC1CCCC2SC2CC1. The van der Waals surface area contributed by atoms with Gasteiger partial charge in [-0.25, -0.2) is 0 Å². The predicted octanol–water partition coefficient (Wildman–Crippen LogP) is 1.80. The van der Waals surface area contributed by atoms with E-state index in [1.807, 2.05) is 0 Å². The highest BCUT2D eigenvalue weighted by Gasteiger charge is 2.38. The number of rotatable bonds is 0. The van der Waals surface area contributed by atoms with Crippen LogP contribution in [0.4, 0.5) is 0 Å².